The lowest BCUT2D eigenvalue weighted by Gasteiger charge is -2.12. The Hall–Kier alpha value is -2.34. The molecule has 19 heavy (non-hydrogen) atoms. The van der Waals surface area contributed by atoms with E-state index in [1.807, 2.05) is 6.92 Å². The van der Waals surface area contributed by atoms with Gasteiger partial charge in [0.1, 0.15) is 11.8 Å². The van der Waals surface area contributed by atoms with Gasteiger partial charge in [0.2, 0.25) is 5.91 Å². The molecule has 1 aromatic carbocycles. The second-order valence-electron chi connectivity index (χ2n) is 4.43. The quantitative estimate of drug-likeness (QED) is 0.720. The molecule has 100 valence electrons. The summed E-state index contributed by atoms with van der Waals surface area (Å²) in [5.41, 5.74) is 7.74. The average molecular weight is 260 g/mol. The van der Waals surface area contributed by atoms with Crippen molar-refractivity contribution in [3.8, 4) is 5.75 Å². The number of nitrogens with two attached hydrogens (primary N) is 1. The van der Waals surface area contributed by atoms with Crippen molar-refractivity contribution in [2.45, 2.75) is 13.0 Å². The number of phenols is 1. The molecule has 2 rings (SSSR count). The first kappa shape index (κ1) is 13.1. The topological polar surface area (TPSA) is 93.2 Å². The van der Waals surface area contributed by atoms with Gasteiger partial charge in [-0.25, -0.2) is 0 Å². The number of carbonyl (C=O) groups is 1. The zero-order valence-corrected chi connectivity index (χ0v) is 10.8. The number of carbonyl (C=O) groups excluding carboxylic acids is 1. The third-order valence-corrected chi connectivity index (χ3v) is 2.78. The molecule has 6 nitrogen and oxygen atoms in total. The Morgan fingerprint density at radius 1 is 1.53 bits per heavy atom. The highest BCUT2D eigenvalue weighted by molar-refractivity contribution is 5.96. The summed E-state index contributed by atoms with van der Waals surface area (Å²) in [6.07, 6.45) is 3.22. The third-order valence-electron chi connectivity index (χ3n) is 2.78. The van der Waals surface area contributed by atoms with Gasteiger partial charge in [0, 0.05) is 18.8 Å². The van der Waals surface area contributed by atoms with E-state index < -0.39 is 11.9 Å². The lowest BCUT2D eigenvalue weighted by atomic mass is 10.1. The molecule has 4 N–H and O–H groups in total. The van der Waals surface area contributed by atoms with Crippen molar-refractivity contribution in [3.05, 3.63) is 41.7 Å². The largest absolute Gasteiger partial charge is 0.506 e. The third kappa shape index (κ3) is 2.92. The van der Waals surface area contributed by atoms with E-state index in [0.29, 0.717) is 11.3 Å². The van der Waals surface area contributed by atoms with Crippen molar-refractivity contribution >= 4 is 11.6 Å². The number of anilines is 1. The van der Waals surface area contributed by atoms with E-state index in [0.717, 1.165) is 5.56 Å². The summed E-state index contributed by atoms with van der Waals surface area (Å²) >= 11 is 0. The number of aromatic nitrogens is 2. The Kier molecular flexibility index (Phi) is 3.52. The lowest BCUT2D eigenvalue weighted by molar-refractivity contribution is -0.117. The van der Waals surface area contributed by atoms with Crippen LogP contribution >= 0.6 is 0 Å². The molecule has 0 spiro atoms. The molecule has 2 aromatic rings. The molecule has 1 atom stereocenters. The maximum Gasteiger partial charge on any atom is 0.246 e. The molecule has 1 unspecified atom stereocenters. The van der Waals surface area contributed by atoms with Crippen LogP contribution in [-0.2, 0) is 11.8 Å². The zero-order chi connectivity index (χ0) is 14.0. The van der Waals surface area contributed by atoms with E-state index in [1.165, 1.54) is 6.07 Å². The van der Waals surface area contributed by atoms with E-state index in [9.17, 15) is 9.90 Å². The summed E-state index contributed by atoms with van der Waals surface area (Å²) in [6.45, 7) is 1.87. The molecular weight excluding hydrogens is 244 g/mol. The van der Waals surface area contributed by atoms with Gasteiger partial charge in [0.25, 0.3) is 0 Å². The van der Waals surface area contributed by atoms with Crippen molar-refractivity contribution in [2.75, 3.05) is 5.32 Å². The first-order chi connectivity index (χ1) is 8.97. The molecule has 6 heteroatoms. The van der Waals surface area contributed by atoms with Gasteiger partial charge in [-0.1, -0.05) is 6.07 Å². The number of aromatic hydroxyl groups is 1. The highest BCUT2D eigenvalue weighted by atomic mass is 16.3. The van der Waals surface area contributed by atoms with E-state index in [2.05, 4.69) is 10.4 Å². The number of hydrogen-bond acceptors (Lipinski definition) is 4. The van der Waals surface area contributed by atoms with Gasteiger partial charge in [0.15, 0.2) is 0 Å². The molecule has 1 amide bonds. The van der Waals surface area contributed by atoms with Crippen LogP contribution in [0.25, 0.3) is 0 Å². The molecule has 1 aromatic heterocycles. The van der Waals surface area contributed by atoms with E-state index in [4.69, 9.17) is 5.73 Å². The Bertz CT molecular complexity index is 606. The van der Waals surface area contributed by atoms with Crippen LogP contribution < -0.4 is 11.1 Å². The summed E-state index contributed by atoms with van der Waals surface area (Å²) in [7, 11) is 1.75. The summed E-state index contributed by atoms with van der Waals surface area (Å²) in [5.74, 6) is -0.383. The van der Waals surface area contributed by atoms with Gasteiger partial charge in [-0.05, 0) is 24.6 Å². The van der Waals surface area contributed by atoms with Gasteiger partial charge < -0.3 is 16.2 Å². The van der Waals surface area contributed by atoms with Crippen molar-refractivity contribution < 1.29 is 9.90 Å². The number of hydrogen-bond donors (Lipinski definition) is 3. The van der Waals surface area contributed by atoms with Crippen molar-refractivity contribution in [2.24, 2.45) is 12.8 Å². The van der Waals surface area contributed by atoms with Gasteiger partial charge >= 0.3 is 0 Å². The molecular formula is C13H16N4O2. The van der Waals surface area contributed by atoms with Crippen LogP contribution in [0.15, 0.2) is 30.6 Å². The molecule has 0 bridgehead atoms. The maximum atomic E-state index is 12.0. The minimum absolute atomic E-state index is 0.0114. The fraction of sp³-hybridized carbons (Fsp3) is 0.231. The molecule has 0 saturated heterocycles. The molecule has 1 heterocycles. The van der Waals surface area contributed by atoms with Crippen LogP contribution in [0, 0.1) is 6.92 Å². The molecule has 0 aliphatic carbocycles. The summed E-state index contributed by atoms with van der Waals surface area (Å²) in [6, 6.07) is 4.14. The number of phenolic OH excluding ortho intramolecular Hbond substituents is 1. The van der Waals surface area contributed by atoms with Crippen LogP contribution in [0.2, 0.25) is 0 Å². The molecule has 0 fully saturated rings. The second kappa shape index (κ2) is 5.11. The smallest absolute Gasteiger partial charge is 0.246 e. The van der Waals surface area contributed by atoms with E-state index in [1.54, 1.807) is 36.3 Å². The predicted octanol–water partition coefficient (Wildman–Crippen LogP) is 1.07. The van der Waals surface area contributed by atoms with Gasteiger partial charge in [-0.3, -0.25) is 9.48 Å². The van der Waals surface area contributed by atoms with Crippen LogP contribution in [-0.4, -0.2) is 20.8 Å². The minimum Gasteiger partial charge on any atom is -0.506 e. The number of rotatable bonds is 3. The molecule has 0 radical (unpaired) electrons. The van der Waals surface area contributed by atoms with E-state index in [-0.39, 0.29) is 5.75 Å². The Morgan fingerprint density at radius 2 is 2.26 bits per heavy atom. The fourth-order valence-corrected chi connectivity index (χ4v) is 1.71. The SMILES string of the molecule is Cc1ccc(O)c(NC(=O)C(N)c2cnn(C)c2)c1. The highest BCUT2D eigenvalue weighted by Crippen LogP contribution is 2.24. The average Bonchev–Trinajstić information content (AvgIpc) is 2.79. The second-order valence-corrected chi connectivity index (χ2v) is 4.43. The summed E-state index contributed by atoms with van der Waals surface area (Å²) < 4.78 is 1.58. The zero-order valence-electron chi connectivity index (χ0n) is 10.8. The first-order valence-corrected chi connectivity index (χ1v) is 5.82. The minimum atomic E-state index is -0.825. The Balaban J connectivity index is 2.14. The number of amides is 1. The maximum absolute atomic E-state index is 12.0. The lowest BCUT2D eigenvalue weighted by Crippen LogP contribution is -2.27. The Morgan fingerprint density at radius 3 is 2.89 bits per heavy atom. The predicted molar refractivity (Wildman–Crippen MR) is 71.6 cm³/mol. The van der Waals surface area contributed by atoms with Crippen molar-refractivity contribution in [1.82, 2.24) is 9.78 Å². The van der Waals surface area contributed by atoms with Crippen LogP contribution in [0.3, 0.4) is 0 Å². The van der Waals surface area contributed by atoms with Gasteiger partial charge in [-0.15, -0.1) is 0 Å². The standard InChI is InChI=1S/C13H16N4O2/c1-8-3-4-11(18)10(5-8)16-13(19)12(14)9-6-15-17(2)7-9/h3-7,12,18H,14H2,1-2H3,(H,16,19). The highest BCUT2D eigenvalue weighted by Gasteiger charge is 2.18. The van der Waals surface area contributed by atoms with Gasteiger partial charge in [-0.2, -0.15) is 5.10 Å². The van der Waals surface area contributed by atoms with Crippen LogP contribution in [0.5, 0.6) is 5.75 Å². The van der Waals surface area contributed by atoms with Crippen LogP contribution in [0.4, 0.5) is 5.69 Å². The monoisotopic (exact) mass is 260 g/mol. The number of nitrogens with zero attached hydrogens (tertiary/aromatic N) is 2. The van der Waals surface area contributed by atoms with Gasteiger partial charge in [0.05, 0.1) is 11.9 Å². The number of aryl methyl sites for hydroxylation is 2. The molecule has 0 aliphatic rings. The Labute approximate surface area is 110 Å². The summed E-state index contributed by atoms with van der Waals surface area (Å²) in [4.78, 5) is 12.0. The van der Waals surface area contributed by atoms with E-state index >= 15 is 0 Å². The normalized spacial score (nSPS) is 12.2. The molecule has 0 saturated carbocycles. The first-order valence-electron chi connectivity index (χ1n) is 5.82. The number of benzene rings is 1. The number of nitrogens with one attached hydrogen (secondary N) is 1. The van der Waals surface area contributed by atoms with Crippen molar-refractivity contribution in [1.29, 1.82) is 0 Å². The fourth-order valence-electron chi connectivity index (χ4n) is 1.71. The molecule has 0 aliphatic heterocycles. The van der Waals surface area contributed by atoms with Crippen LogP contribution in [0.1, 0.15) is 17.2 Å². The summed E-state index contributed by atoms with van der Waals surface area (Å²) in [5, 5.41) is 16.2. The van der Waals surface area contributed by atoms with Crippen molar-refractivity contribution in [3.63, 3.8) is 0 Å².